The van der Waals surface area contributed by atoms with E-state index >= 15 is 0 Å². The molecule has 0 aliphatic heterocycles. The number of ether oxygens (including phenoxy) is 1. The van der Waals surface area contributed by atoms with E-state index in [0.717, 1.165) is 5.56 Å². The molecule has 0 unspecified atom stereocenters. The van der Waals surface area contributed by atoms with Crippen LogP contribution in [0.2, 0.25) is 0 Å². The van der Waals surface area contributed by atoms with Crippen LogP contribution in [0.15, 0.2) is 48.5 Å². The number of hydrogen-bond acceptors (Lipinski definition) is 2. The smallest absolute Gasteiger partial charge is 0.382 e. The lowest BCUT2D eigenvalue weighted by molar-refractivity contribution is -0.130. The molecule has 100 valence electrons. The van der Waals surface area contributed by atoms with E-state index in [1.807, 2.05) is 5.92 Å². The van der Waals surface area contributed by atoms with Crippen molar-refractivity contribution in [3.8, 4) is 17.6 Å². The van der Waals surface area contributed by atoms with E-state index in [0.29, 0.717) is 11.3 Å². The van der Waals surface area contributed by atoms with Crippen LogP contribution >= 0.6 is 0 Å². The van der Waals surface area contributed by atoms with Gasteiger partial charge in [-0.05, 0) is 42.0 Å². The van der Waals surface area contributed by atoms with Crippen molar-refractivity contribution in [1.29, 1.82) is 0 Å². The quantitative estimate of drug-likeness (QED) is 0.872. The van der Waals surface area contributed by atoms with Gasteiger partial charge in [-0.15, -0.1) is 0 Å². The first-order valence-electron chi connectivity index (χ1n) is 5.86. The molecule has 3 nitrogen and oxygen atoms in total. The van der Waals surface area contributed by atoms with E-state index in [4.69, 9.17) is 9.84 Å². The molecular formula is C16H11FO3. The first-order valence-corrected chi connectivity index (χ1v) is 5.86. The van der Waals surface area contributed by atoms with Gasteiger partial charge in [0.25, 0.3) is 0 Å². The molecule has 0 heterocycles. The fraction of sp³-hybridized carbons (Fsp3) is 0.0625. The number of rotatable bonds is 3. The number of aliphatic carboxylic acids is 1. The third-order valence-corrected chi connectivity index (χ3v) is 2.46. The number of carboxylic acid groups (broad SMARTS) is 1. The van der Waals surface area contributed by atoms with Crippen molar-refractivity contribution in [3.63, 3.8) is 0 Å². The summed E-state index contributed by atoms with van der Waals surface area (Å²) in [5.41, 5.74) is 1.32. The van der Waals surface area contributed by atoms with Crippen molar-refractivity contribution in [2.24, 2.45) is 0 Å². The Bertz CT molecular complexity index is 666. The van der Waals surface area contributed by atoms with Crippen molar-refractivity contribution in [1.82, 2.24) is 0 Å². The molecule has 2 aromatic carbocycles. The van der Waals surface area contributed by atoms with Crippen LogP contribution in [0, 0.1) is 17.7 Å². The van der Waals surface area contributed by atoms with Gasteiger partial charge in [0.1, 0.15) is 18.2 Å². The van der Waals surface area contributed by atoms with Gasteiger partial charge in [-0.25, -0.2) is 9.18 Å². The second kappa shape index (κ2) is 6.39. The molecular weight excluding hydrogens is 259 g/mol. The van der Waals surface area contributed by atoms with Gasteiger partial charge in [-0.1, -0.05) is 18.1 Å². The summed E-state index contributed by atoms with van der Waals surface area (Å²) in [6.45, 7) is 0.262. The summed E-state index contributed by atoms with van der Waals surface area (Å²) < 4.78 is 18.5. The van der Waals surface area contributed by atoms with E-state index < -0.39 is 5.97 Å². The summed E-state index contributed by atoms with van der Waals surface area (Å²) in [6, 6.07) is 12.9. The number of carbonyl (C=O) groups is 1. The van der Waals surface area contributed by atoms with E-state index in [9.17, 15) is 9.18 Å². The molecule has 0 spiro atoms. The zero-order chi connectivity index (χ0) is 14.4. The lowest BCUT2D eigenvalue weighted by Crippen LogP contribution is -1.95. The van der Waals surface area contributed by atoms with Crippen LogP contribution in [-0.2, 0) is 11.4 Å². The Morgan fingerprint density at radius 3 is 2.60 bits per heavy atom. The first kappa shape index (κ1) is 13.6. The molecule has 0 saturated heterocycles. The molecule has 2 aromatic rings. The van der Waals surface area contributed by atoms with Crippen LogP contribution in [0.3, 0.4) is 0 Å². The summed E-state index contributed by atoms with van der Waals surface area (Å²) in [7, 11) is 0. The minimum Gasteiger partial charge on any atom is -0.489 e. The summed E-state index contributed by atoms with van der Waals surface area (Å²) in [4.78, 5) is 10.3. The fourth-order valence-electron chi connectivity index (χ4n) is 1.55. The van der Waals surface area contributed by atoms with Crippen LogP contribution in [0.4, 0.5) is 4.39 Å². The Labute approximate surface area is 115 Å². The predicted molar refractivity (Wildman–Crippen MR) is 71.7 cm³/mol. The third kappa shape index (κ3) is 4.14. The van der Waals surface area contributed by atoms with Crippen molar-refractivity contribution >= 4 is 5.97 Å². The molecule has 0 aliphatic carbocycles. The maximum absolute atomic E-state index is 13.0. The van der Waals surface area contributed by atoms with Gasteiger partial charge in [-0.3, -0.25) is 0 Å². The van der Waals surface area contributed by atoms with Crippen LogP contribution in [-0.4, -0.2) is 11.1 Å². The van der Waals surface area contributed by atoms with Crippen molar-refractivity contribution < 1.29 is 19.0 Å². The van der Waals surface area contributed by atoms with E-state index in [1.54, 1.807) is 36.4 Å². The van der Waals surface area contributed by atoms with Crippen LogP contribution in [0.5, 0.6) is 5.75 Å². The average molecular weight is 270 g/mol. The summed E-state index contributed by atoms with van der Waals surface area (Å²) in [5.74, 6) is 3.66. The summed E-state index contributed by atoms with van der Waals surface area (Å²) in [5, 5.41) is 8.43. The average Bonchev–Trinajstić information content (AvgIpc) is 2.44. The highest BCUT2D eigenvalue weighted by Gasteiger charge is 1.98. The highest BCUT2D eigenvalue weighted by atomic mass is 19.1. The zero-order valence-electron chi connectivity index (χ0n) is 10.5. The molecule has 0 aliphatic rings. The van der Waals surface area contributed by atoms with Crippen molar-refractivity contribution in [2.75, 3.05) is 0 Å². The first-order chi connectivity index (χ1) is 9.63. The molecule has 0 bridgehead atoms. The van der Waals surface area contributed by atoms with E-state index in [-0.39, 0.29) is 12.4 Å². The van der Waals surface area contributed by atoms with Gasteiger partial charge in [0.05, 0.1) is 0 Å². The van der Waals surface area contributed by atoms with Gasteiger partial charge >= 0.3 is 5.97 Å². The molecule has 2 rings (SSSR count). The Morgan fingerprint density at radius 1 is 1.20 bits per heavy atom. The van der Waals surface area contributed by atoms with E-state index in [2.05, 4.69) is 5.92 Å². The summed E-state index contributed by atoms with van der Waals surface area (Å²) in [6.07, 6.45) is 0. The largest absolute Gasteiger partial charge is 0.489 e. The second-order valence-electron chi connectivity index (χ2n) is 4.00. The van der Waals surface area contributed by atoms with Crippen LogP contribution in [0.25, 0.3) is 0 Å². The Balaban J connectivity index is 1.98. The molecule has 4 heteroatoms. The molecule has 0 saturated carbocycles. The van der Waals surface area contributed by atoms with Gasteiger partial charge < -0.3 is 9.84 Å². The molecule has 0 radical (unpaired) electrons. The van der Waals surface area contributed by atoms with E-state index in [1.165, 1.54) is 12.1 Å². The minimum absolute atomic E-state index is 0.262. The maximum Gasteiger partial charge on any atom is 0.382 e. The van der Waals surface area contributed by atoms with Crippen LogP contribution in [0.1, 0.15) is 11.1 Å². The fourth-order valence-corrected chi connectivity index (χ4v) is 1.55. The topological polar surface area (TPSA) is 46.5 Å². The number of benzene rings is 2. The standard InChI is InChI=1S/C16H11FO3/c17-14-3-1-2-13(10-14)11-20-15-7-4-12(5-8-15)6-9-16(18)19/h1-5,7-8,10H,11H2,(H,18,19). The maximum atomic E-state index is 13.0. The molecule has 0 aromatic heterocycles. The Morgan fingerprint density at radius 2 is 1.95 bits per heavy atom. The second-order valence-corrected chi connectivity index (χ2v) is 4.00. The zero-order valence-corrected chi connectivity index (χ0v) is 10.5. The van der Waals surface area contributed by atoms with Crippen molar-refractivity contribution in [2.45, 2.75) is 6.61 Å². The normalized spacial score (nSPS) is 9.45. The highest BCUT2D eigenvalue weighted by Crippen LogP contribution is 2.14. The van der Waals surface area contributed by atoms with Gasteiger partial charge in [0, 0.05) is 11.5 Å². The number of carboxylic acids is 1. The molecule has 0 fully saturated rings. The highest BCUT2D eigenvalue weighted by molar-refractivity contribution is 5.87. The lowest BCUT2D eigenvalue weighted by atomic mass is 10.2. The summed E-state index contributed by atoms with van der Waals surface area (Å²) >= 11 is 0. The molecule has 0 atom stereocenters. The number of halogens is 1. The van der Waals surface area contributed by atoms with Crippen LogP contribution < -0.4 is 4.74 Å². The predicted octanol–water partition coefficient (Wildman–Crippen LogP) is 2.84. The Hall–Kier alpha value is -2.80. The number of hydrogen-bond donors (Lipinski definition) is 1. The third-order valence-electron chi connectivity index (χ3n) is 2.46. The van der Waals surface area contributed by atoms with Crippen molar-refractivity contribution in [3.05, 3.63) is 65.5 Å². The van der Waals surface area contributed by atoms with Gasteiger partial charge in [-0.2, -0.15) is 0 Å². The minimum atomic E-state index is -1.17. The lowest BCUT2D eigenvalue weighted by Gasteiger charge is -2.06. The SMILES string of the molecule is O=C(O)C#Cc1ccc(OCc2cccc(F)c2)cc1. The molecule has 20 heavy (non-hydrogen) atoms. The molecule has 1 N–H and O–H groups in total. The Kier molecular flexibility index (Phi) is 4.35. The van der Waals surface area contributed by atoms with Gasteiger partial charge in [0.2, 0.25) is 0 Å². The van der Waals surface area contributed by atoms with Gasteiger partial charge in [0.15, 0.2) is 0 Å². The molecule has 0 amide bonds. The monoisotopic (exact) mass is 270 g/mol.